The van der Waals surface area contributed by atoms with Gasteiger partial charge in [0, 0.05) is 18.8 Å². The van der Waals surface area contributed by atoms with Gasteiger partial charge in [-0.2, -0.15) is 0 Å². The minimum Gasteiger partial charge on any atom is -0.338 e. The predicted molar refractivity (Wildman–Crippen MR) is 69.8 cm³/mol. The fraction of sp³-hybridized carbons (Fsp3) is 0.909. The molecule has 0 aromatic carbocycles. The van der Waals surface area contributed by atoms with Gasteiger partial charge in [-0.1, -0.05) is 27.7 Å². The average Bonchev–Trinajstić information content (AvgIpc) is 2.15. The zero-order valence-electron chi connectivity index (χ0n) is 11.2. The van der Waals surface area contributed by atoms with Gasteiger partial charge in [0.2, 0.25) is 0 Å². The van der Waals surface area contributed by atoms with E-state index < -0.39 is 9.84 Å². The summed E-state index contributed by atoms with van der Waals surface area (Å²) >= 11 is 0. The maximum Gasteiger partial charge on any atom is 0.314 e. The molecule has 0 aromatic heterocycles. The van der Waals surface area contributed by atoms with Gasteiger partial charge >= 0.3 is 6.03 Å². The van der Waals surface area contributed by atoms with Gasteiger partial charge < -0.3 is 10.6 Å². The maximum atomic E-state index is 11.3. The Balaban J connectivity index is 3.68. The molecule has 0 atom stereocenters. The topological polar surface area (TPSA) is 75.3 Å². The molecule has 0 spiro atoms. The highest BCUT2D eigenvalue weighted by Gasteiger charge is 2.11. The summed E-state index contributed by atoms with van der Waals surface area (Å²) in [5.41, 5.74) is 0.179. The summed E-state index contributed by atoms with van der Waals surface area (Å²) in [4.78, 5) is 11.3. The second-order valence-electron chi connectivity index (χ2n) is 5.23. The van der Waals surface area contributed by atoms with Crippen LogP contribution in [0.4, 0.5) is 4.79 Å². The zero-order chi connectivity index (χ0) is 13.5. The molecule has 0 aliphatic rings. The summed E-state index contributed by atoms with van der Waals surface area (Å²) in [7, 11) is -3.00. The first-order chi connectivity index (χ1) is 7.66. The number of sulfone groups is 1. The van der Waals surface area contributed by atoms with Crippen molar-refractivity contribution in [1.82, 2.24) is 10.6 Å². The Hall–Kier alpha value is -0.780. The first kappa shape index (κ1) is 16.2. The van der Waals surface area contributed by atoms with E-state index in [1.165, 1.54) is 0 Å². The van der Waals surface area contributed by atoms with Crippen LogP contribution in [0.5, 0.6) is 0 Å². The second-order valence-corrected chi connectivity index (χ2v) is 7.70. The first-order valence-electron chi connectivity index (χ1n) is 5.88. The van der Waals surface area contributed by atoms with Crippen molar-refractivity contribution in [2.24, 2.45) is 5.41 Å². The molecule has 0 fully saturated rings. The first-order valence-corrected chi connectivity index (χ1v) is 7.70. The highest BCUT2D eigenvalue weighted by molar-refractivity contribution is 7.91. The smallest absolute Gasteiger partial charge is 0.314 e. The molecule has 0 saturated carbocycles. The molecule has 0 radical (unpaired) electrons. The van der Waals surface area contributed by atoms with Crippen LogP contribution in [0.2, 0.25) is 0 Å². The molecule has 102 valence electrons. The van der Waals surface area contributed by atoms with E-state index in [1.54, 1.807) is 6.92 Å². The number of nitrogens with one attached hydrogen (secondary N) is 2. The van der Waals surface area contributed by atoms with Crippen molar-refractivity contribution in [3.05, 3.63) is 0 Å². The lowest BCUT2D eigenvalue weighted by Gasteiger charge is -2.18. The fourth-order valence-corrected chi connectivity index (χ4v) is 1.78. The minimum absolute atomic E-state index is 0.00378. The number of amides is 2. The Kier molecular flexibility index (Phi) is 6.52. The lowest BCUT2D eigenvalue weighted by Crippen LogP contribution is -2.39. The van der Waals surface area contributed by atoms with Crippen LogP contribution in [-0.4, -0.2) is 39.0 Å². The molecule has 0 heterocycles. The fourth-order valence-electron chi connectivity index (χ4n) is 1.08. The average molecular weight is 264 g/mol. The summed E-state index contributed by atoms with van der Waals surface area (Å²) in [6.07, 6.45) is 0.883. The van der Waals surface area contributed by atoms with Gasteiger partial charge in [-0.3, -0.25) is 0 Å². The molecule has 2 N–H and O–H groups in total. The van der Waals surface area contributed by atoms with Crippen LogP contribution >= 0.6 is 0 Å². The number of hydrogen-bond acceptors (Lipinski definition) is 3. The quantitative estimate of drug-likeness (QED) is 0.756. The van der Waals surface area contributed by atoms with Crippen molar-refractivity contribution in [1.29, 1.82) is 0 Å². The molecule has 17 heavy (non-hydrogen) atoms. The Bertz CT molecular complexity index is 331. The largest absolute Gasteiger partial charge is 0.338 e. The Morgan fingerprint density at radius 3 is 2.12 bits per heavy atom. The monoisotopic (exact) mass is 264 g/mol. The lowest BCUT2D eigenvalue weighted by atomic mass is 9.92. The van der Waals surface area contributed by atoms with Crippen molar-refractivity contribution in [3.8, 4) is 0 Å². The highest BCUT2D eigenvalue weighted by atomic mass is 32.2. The van der Waals surface area contributed by atoms with Crippen molar-refractivity contribution in [3.63, 3.8) is 0 Å². The highest BCUT2D eigenvalue weighted by Crippen LogP contribution is 2.16. The standard InChI is InChI=1S/C11H24N2O3S/c1-5-17(15,16)9-8-13-10(14)12-7-6-11(2,3)4/h5-9H2,1-4H3,(H2,12,13,14). The molecule has 0 aliphatic carbocycles. The third-order valence-corrected chi connectivity index (χ3v) is 4.00. The molecular formula is C11H24N2O3S. The maximum absolute atomic E-state index is 11.3. The summed E-state index contributed by atoms with van der Waals surface area (Å²) in [6.45, 7) is 8.65. The van der Waals surface area contributed by atoms with Crippen LogP contribution in [0.3, 0.4) is 0 Å². The zero-order valence-corrected chi connectivity index (χ0v) is 12.0. The summed E-state index contributed by atoms with van der Waals surface area (Å²) in [5.74, 6) is 0.108. The number of hydrogen-bond donors (Lipinski definition) is 2. The summed E-state index contributed by atoms with van der Waals surface area (Å²) in [6, 6.07) is -0.305. The summed E-state index contributed by atoms with van der Waals surface area (Å²) < 4.78 is 22.3. The Labute approximate surface area is 104 Å². The van der Waals surface area contributed by atoms with E-state index in [4.69, 9.17) is 0 Å². The predicted octanol–water partition coefficient (Wildman–Crippen LogP) is 1.16. The third kappa shape index (κ3) is 10.1. The van der Waals surface area contributed by atoms with Gasteiger partial charge in [0.15, 0.2) is 9.84 Å². The van der Waals surface area contributed by atoms with E-state index >= 15 is 0 Å². The summed E-state index contributed by atoms with van der Waals surface area (Å²) in [5, 5.41) is 5.23. The number of rotatable bonds is 6. The van der Waals surface area contributed by atoms with E-state index in [-0.39, 0.29) is 29.5 Å². The molecule has 0 aromatic rings. The molecule has 0 bridgehead atoms. The third-order valence-electron chi connectivity index (χ3n) is 2.30. The van der Waals surface area contributed by atoms with Gasteiger partial charge in [-0.15, -0.1) is 0 Å². The van der Waals surface area contributed by atoms with Gasteiger partial charge in [0.05, 0.1) is 5.75 Å². The number of carbonyl (C=O) groups excluding carboxylic acids is 1. The van der Waals surface area contributed by atoms with Crippen LogP contribution in [0.1, 0.15) is 34.1 Å². The van der Waals surface area contributed by atoms with E-state index in [0.29, 0.717) is 6.54 Å². The van der Waals surface area contributed by atoms with Gasteiger partial charge in [0.25, 0.3) is 0 Å². The molecule has 0 saturated heterocycles. The van der Waals surface area contributed by atoms with Crippen molar-refractivity contribution >= 4 is 15.9 Å². The molecule has 0 rings (SSSR count). The number of urea groups is 1. The SMILES string of the molecule is CCS(=O)(=O)CCNC(=O)NCCC(C)(C)C. The van der Waals surface area contributed by atoms with E-state index in [0.717, 1.165) is 6.42 Å². The van der Waals surface area contributed by atoms with Crippen LogP contribution in [0, 0.1) is 5.41 Å². The van der Waals surface area contributed by atoms with E-state index in [2.05, 4.69) is 31.4 Å². The van der Waals surface area contributed by atoms with Crippen molar-refractivity contribution in [2.75, 3.05) is 24.6 Å². The van der Waals surface area contributed by atoms with Crippen LogP contribution in [0.15, 0.2) is 0 Å². The van der Waals surface area contributed by atoms with Gasteiger partial charge in [-0.05, 0) is 11.8 Å². The van der Waals surface area contributed by atoms with Crippen molar-refractivity contribution in [2.45, 2.75) is 34.1 Å². The van der Waals surface area contributed by atoms with E-state index in [9.17, 15) is 13.2 Å². The molecule has 6 heteroatoms. The Morgan fingerprint density at radius 2 is 1.65 bits per heavy atom. The van der Waals surface area contributed by atoms with E-state index in [1.807, 2.05) is 0 Å². The van der Waals surface area contributed by atoms with Gasteiger partial charge in [-0.25, -0.2) is 13.2 Å². The van der Waals surface area contributed by atoms with Crippen molar-refractivity contribution < 1.29 is 13.2 Å². The molecule has 5 nitrogen and oxygen atoms in total. The molecule has 0 unspecified atom stereocenters. The minimum atomic E-state index is -3.00. The van der Waals surface area contributed by atoms with Crippen LogP contribution in [-0.2, 0) is 9.84 Å². The molecule has 2 amide bonds. The van der Waals surface area contributed by atoms with Crippen LogP contribution in [0.25, 0.3) is 0 Å². The Morgan fingerprint density at radius 1 is 1.12 bits per heavy atom. The lowest BCUT2D eigenvalue weighted by molar-refractivity contribution is 0.239. The normalized spacial score (nSPS) is 12.2. The number of carbonyl (C=O) groups is 1. The molecule has 0 aliphatic heterocycles. The van der Waals surface area contributed by atoms with Crippen LogP contribution < -0.4 is 10.6 Å². The second kappa shape index (κ2) is 6.83. The van der Waals surface area contributed by atoms with Gasteiger partial charge in [0.1, 0.15) is 0 Å². The molecular weight excluding hydrogens is 240 g/mol.